The zero-order chi connectivity index (χ0) is 16.0. The summed E-state index contributed by atoms with van der Waals surface area (Å²) in [4.78, 5) is 2.14. The van der Waals surface area contributed by atoms with Gasteiger partial charge in [0.2, 0.25) is 0 Å². The van der Waals surface area contributed by atoms with Crippen molar-refractivity contribution in [1.82, 2.24) is 4.83 Å². The van der Waals surface area contributed by atoms with E-state index in [2.05, 4.69) is 5.10 Å². The highest BCUT2D eigenvalue weighted by Crippen LogP contribution is 2.22. The standard InChI is InChI=1S/C14H14ClN3O3S/c15-12-8-4-5-9-13(12)21-10-14(16)17-18-22(19,20)11-6-2-1-3-7-11/h1-9,18H,10H2,(H2,16,17). The molecule has 0 aliphatic carbocycles. The number of nitrogens with zero attached hydrogens (tertiary/aromatic N) is 1. The van der Waals surface area contributed by atoms with Crippen molar-refractivity contribution in [2.75, 3.05) is 6.61 Å². The Morgan fingerprint density at radius 2 is 1.77 bits per heavy atom. The highest BCUT2D eigenvalue weighted by atomic mass is 35.5. The number of sulfonamides is 1. The van der Waals surface area contributed by atoms with Crippen LogP contribution >= 0.6 is 11.6 Å². The van der Waals surface area contributed by atoms with Crippen LogP contribution in [0, 0.1) is 0 Å². The monoisotopic (exact) mass is 339 g/mol. The number of hydrogen-bond acceptors (Lipinski definition) is 4. The highest BCUT2D eigenvalue weighted by molar-refractivity contribution is 7.89. The van der Waals surface area contributed by atoms with Crippen molar-refractivity contribution in [2.45, 2.75) is 4.90 Å². The van der Waals surface area contributed by atoms with E-state index in [9.17, 15) is 8.42 Å². The van der Waals surface area contributed by atoms with E-state index in [1.807, 2.05) is 4.83 Å². The summed E-state index contributed by atoms with van der Waals surface area (Å²) in [7, 11) is -3.75. The minimum absolute atomic E-state index is 0.0283. The van der Waals surface area contributed by atoms with Gasteiger partial charge in [0.1, 0.15) is 12.4 Å². The molecule has 2 rings (SSSR count). The summed E-state index contributed by atoms with van der Waals surface area (Å²) < 4.78 is 29.2. The Labute approximate surface area is 133 Å². The lowest BCUT2D eigenvalue weighted by Gasteiger charge is -2.08. The van der Waals surface area contributed by atoms with E-state index in [4.69, 9.17) is 22.1 Å². The van der Waals surface area contributed by atoms with Crippen LogP contribution < -0.4 is 15.3 Å². The first kappa shape index (κ1) is 16.1. The molecule has 0 atom stereocenters. The molecule has 8 heteroatoms. The van der Waals surface area contributed by atoms with Crippen LogP contribution in [0.15, 0.2) is 64.6 Å². The van der Waals surface area contributed by atoms with Crippen LogP contribution in [0.1, 0.15) is 0 Å². The number of benzene rings is 2. The van der Waals surface area contributed by atoms with Gasteiger partial charge in [0.25, 0.3) is 10.0 Å². The van der Waals surface area contributed by atoms with Gasteiger partial charge in [0.15, 0.2) is 5.84 Å². The maximum Gasteiger partial charge on any atom is 0.276 e. The number of rotatable bonds is 6. The smallest absolute Gasteiger partial charge is 0.276 e. The molecule has 0 aliphatic rings. The second kappa shape index (κ2) is 7.15. The Balaban J connectivity index is 1.97. The quantitative estimate of drug-likeness (QED) is 0.478. The molecule has 2 aromatic carbocycles. The second-order valence-corrected chi connectivity index (χ2v) is 6.30. The van der Waals surface area contributed by atoms with Crippen LogP contribution in [0.3, 0.4) is 0 Å². The zero-order valence-electron chi connectivity index (χ0n) is 11.4. The average Bonchev–Trinajstić information content (AvgIpc) is 2.53. The van der Waals surface area contributed by atoms with Gasteiger partial charge in [-0.1, -0.05) is 41.9 Å². The molecule has 0 saturated carbocycles. The summed E-state index contributed by atoms with van der Waals surface area (Å²) in [5, 5.41) is 4.04. The van der Waals surface area contributed by atoms with E-state index in [1.54, 1.807) is 42.5 Å². The average molecular weight is 340 g/mol. The fourth-order valence-corrected chi connectivity index (χ4v) is 2.57. The first-order valence-corrected chi connectivity index (χ1v) is 8.11. The van der Waals surface area contributed by atoms with E-state index >= 15 is 0 Å². The number of hydrogen-bond donors (Lipinski definition) is 2. The Morgan fingerprint density at radius 3 is 2.45 bits per heavy atom. The SMILES string of the molecule is N/C(COc1ccccc1Cl)=N\NS(=O)(=O)c1ccccc1. The lowest BCUT2D eigenvalue weighted by molar-refractivity contribution is 0.375. The molecule has 0 saturated heterocycles. The number of hydrazone groups is 1. The first-order chi connectivity index (χ1) is 10.5. The van der Waals surface area contributed by atoms with Gasteiger partial charge in [-0.05, 0) is 24.3 Å². The Kier molecular flexibility index (Phi) is 5.24. The van der Waals surface area contributed by atoms with Gasteiger partial charge in [0.05, 0.1) is 9.92 Å². The van der Waals surface area contributed by atoms with Gasteiger partial charge in [-0.3, -0.25) is 0 Å². The molecular weight excluding hydrogens is 326 g/mol. The van der Waals surface area contributed by atoms with Gasteiger partial charge >= 0.3 is 0 Å². The normalized spacial score (nSPS) is 12.0. The number of ether oxygens (including phenoxy) is 1. The van der Waals surface area contributed by atoms with Crippen LogP contribution in [0.25, 0.3) is 0 Å². The third-order valence-corrected chi connectivity index (χ3v) is 4.11. The number of halogens is 1. The molecule has 22 heavy (non-hydrogen) atoms. The Hall–Kier alpha value is -2.25. The van der Waals surface area contributed by atoms with E-state index in [-0.39, 0.29) is 17.3 Å². The molecule has 0 aromatic heterocycles. The third kappa shape index (κ3) is 4.37. The van der Waals surface area contributed by atoms with Crippen molar-refractivity contribution in [3.63, 3.8) is 0 Å². The molecule has 2 aromatic rings. The van der Waals surface area contributed by atoms with Gasteiger partial charge in [-0.15, -0.1) is 5.10 Å². The van der Waals surface area contributed by atoms with Crippen LogP contribution in [0.2, 0.25) is 5.02 Å². The molecule has 0 radical (unpaired) electrons. The van der Waals surface area contributed by atoms with E-state index < -0.39 is 10.0 Å². The fourth-order valence-electron chi connectivity index (χ4n) is 1.52. The van der Waals surface area contributed by atoms with Crippen molar-refractivity contribution in [3.8, 4) is 5.75 Å². The maximum absolute atomic E-state index is 11.9. The van der Waals surface area contributed by atoms with Crippen molar-refractivity contribution < 1.29 is 13.2 Å². The van der Waals surface area contributed by atoms with Crippen molar-refractivity contribution in [3.05, 3.63) is 59.6 Å². The van der Waals surface area contributed by atoms with E-state index in [0.29, 0.717) is 10.8 Å². The minimum Gasteiger partial charge on any atom is -0.484 e. The molecule has 0 fully saturated rings. The highest BCUT2D eigenvalue weighted by Gasteiger charge is 2.12. The Bertz CT molecular complexity index is 764. The molecule has 6 nitrogen and oxygen atoms in total. The van der Waals surface area contributed by atoms with Gasteiger partial charge in [-0.2, -0.15) is 13.2 Å². The second-order valence-electron chi connectivity index (χ2n) is 4.23. The van der Waals surface area contributed by atoms with Crippen LogP contribution in [0.5, 0.6) is 5.75 Å². The molecule has 0 unspecified atom stereocenters. The summed E-state index contributed by atoms with van der Waals surface area (Å²) in [6.07, 6.45) is 0. The van der Waals surface area contributed by atoms with E-state index in [0.717, 1.165) is 0 Å². The molecule has 0 bridgehead atoms. The van der Waals surface area contributed by atoms with Crippen LogP contribution in [-0.2, 0) is 10.0 Å². The molecule has 116 valence electrons. The van der Waals surface area contributed by atoms with Crippen LogP contribution in [-0.4, -0.2) is 20.9 Å². The summed E-state index contributed by atoms with van der Waals surface area (Å²) in [6, 6.07) is 14.7. The summed E-state index contributed by atoms with van der Waals surface area (Å²) >= 11 is 5.92. The topological polar surface area (TPSA) is 93.8 Å². The number of nitrogens with one attached hydrogen (secondary N) is 1. The first-order valence-electron chi connectivity index (χ1n) is 6.25. The van der Waals surface area contributed by atoms with Gasteiger partial charge in [-0.25, -0.2) is 0 Å². The molecule has 0 amide bonds. The number of nitrogens with two attached hydrogens (primary N) is 1. The summed E-state index contributed by atoms with van der Waals surface area (Å²) in [5.41, 5.74) is 5.61. The van der Waals surface area contributed by atoms with Crippen molar-refractivity contribution in [1.29, 1.82) is 0 Å². The summed E-state index contributed by atoms with van der Waals surface area (Å²) in [5.74, 6) is 0.410. The van der Waals surface area contributed by atoms with Crippen molar-refractivity contribution >= 4 is 27.5 Å². The third-order valence-electron chi connectivity index (χ3n) is 2.58. The lowest BCUT2D eigenvalue weighted by Crippen LogP contribution is -2.27. The fraction of sp³-hybridized carbons (Fsp3) is 0.0714. The predicted molar refractivity (Wildman–Crippen MR) is 85.3 cm³/mol. The maximum atomic E-state index is 11.9. The largest absolute Gasteiger partial charge is 0.484 e. The van der Waals surface area contributed by atoms with Crippen LogP contribution in [0.4, 0.5) is 0 Å². The van der Waals surface area contributed by atoms with Gasteiger partial charge in [0, 0.05) is 0 Å². The predicted octanol–water partition coefficient (Wildman–Crippen LogP) is 1.97. The molecular formula is C14H14ClN3O3S. The lowest BCUT2D eigenvalue weighted by atomic mass is 10.3. The number of amidine groups is 1. The molecule has 0 heterocycles. The van der Waals surface area contributed by atoms with Crippen molar-refractivity contribution in [2.24, 2.45) is 10.8 Å². The zero-order valence-corrected chi connectivity index (χ0v) is 13.0. The van der Waals surface area contributed by atoms with E-state index in [1.165, 1.54) is 12.1 Å². The minimum atomic E-state index is -3.75. The van der Waals surface area contributed by atoms with Gasteiger partial charge < -0.3 is 10.5 Å². The Morgan fingerprint density at radius 1 is 1.14 bits per heavy atom. The molecule has 3 N–H and O–H groups in total. The number of para-hydroxylation sites is 1. The molecule has 0 aliphatic heterocycles. The molecule has 0 spiro atoms. The summed E-state index contributed by atoms with van der Waals surface area (Å²) in [6.45, 7) is -0.0962.